The van der Waals surface area contributed by atoms with Crippen LogP contribution in [0.4, 0.5) is 0 Å². The number of unbranched alkanes of at least 4 members (excludes halogenated alkanes) is 5. The van der Waals surface area contributed by atoms with E-state index in [1.165, 1.54) is 32.6 Å². The van der Waals surface area contributed by atoms with Gasteiger partial charge in [0.15, 0.2) is 5.78 Å². The Bertz CT molecular complexity index is 300. The summed E-state index contributed by atoms with van der Waals surface area (Å²) >= 11 is 0. The average molecular weight is 271 g/mol. The van der Waals surface area contributed by atoms with Gasteiger partial charge in [-0.05, 0) is 19.8 Å². The first-order chi connectivity index (χ1) is 9.13. The van der Waals surface area contributed by atoms with Crippen LogP contribution in [0.15, 0.2) is 5.16 Å². The Balaban J connectivity index is 3.86. The minimum atomic E-state index is -0.724. The number of carbonyl (C=O) groups is 2. The van der Waals surface area contributed by atoms with E-state index in [2.05, 4.69) is 12.1 Å². The first kappa shape index (κ1) is 17.6. The maximum absolute atomic E-state index is 11.4. The van der Waals surface area contributed by atoms with Gasteiger partial charge in [0, 0.05) is 6.92 Å². The molecule has 0 unspecified atom stereocenters. The molecule has 0 heterocycles. The number of hydrogen-bond donors (Lipinski definition) is 0. The van der Waals surface area contributed by atoms with Crippen molar-refractivity contribution in [2.45, 2.75) is 59.3 Å². The van der Waals surface area contributed by atoms with E-state index in [1.54, 1.807) is 6.92 Å². The van der Waals surface area contributed by atoms with Crippen molar-refractivity contribution >= 4 is 17.5 Å². The van der Waals surface area contributed by atoms with Gasteiger partial charge in [0.2, 0.25) is 5.71 Å². The fourth-order valence-electron chi connectivity index (χ4n) is 1.50. The maximum Gasteiger partial charge on any atom is 0.364 e. The molecule has 0 aliphatic heterocycles. The Labute approximate surface area is 115 Å². The van der Waals surface area contributed by atoms with Gasteiger partial charge in [-0.15, -0.1) is 0 Å². The van der Waals surface area contributed by atoms with Crippen molar-refractivity contribution < 1.29 is 19.2 Å². The molecule has 0 aromatic heterocycles. The van der Waals surface area contributed by atoms with Crippen LogP contribution < -0.4 is 0 Å². The van der Waals surface area contributed by atoms with Gasteiger partial charge in [-0.25, -0.2) is 4.79 Å². The maximum atomic E-state index is 11.4. The predicted octanol–water partition coefficient (Wildman–Crippen LogP) is 2.87. The van der Waals surface area contributed by atoms with Gasteiger partial charge < -0.3 is 9.57 Å². The molecule has 0 N–H and O–H groups in total. The van der Waals surface area contributed by atoms with E-state index in [9.17, 15) is 9.59 Å². The molecule has 5 heteroatoms. The Kier molecular flexibility index (Phi) is 10.8. The summed E-state index contributed by atoms with van der Waals surface area (Å²) in [7, 11) is 0. The summed E-state index contributed by atoms with van der Waals surface area (Å²) in [6.07, 6.45) is 6.85. The molecule has 0 aromatic carbocycles. The largest absolute Gasteiger partial charge is 0.461 e. The van der Waals surface area contributed by atoms with Gasteiger partial charge in [0.05, 0.1) is 6.61 Å². The van der Waals surface area contributed by atoms with E-state index < -0.39 is 11.8 Å². The Morgan fingerprint density at radius 3 is 2.21 bits per heavy atom. The molecule has 0 aliphatic carbocycles. The van der Waals surface area contributed by atoms with Crippen molar-refractivity contribution in [1.29, 1.82) is 0 Å². The molecule has 0 amide bonds. The number of oxime groups is 1. The highest BCUT2D eigenvalue weighted by molar-refractivity contribution is 6.63. The van der Waals surface area contributed by atoms with E-state index in [0.717, 1.165) is 12.8 Å². The predicted molar refractivity (Wildman–Crippen MR) is 74.1 cm³/mol. The molecular formula is C14H25NO4. The van der Waals surface area contributed by atoms with Crippen molar-refractivity contribution in [3.05, 3.63) is 0 Å². The normalized spacial score (nSPS) is 11.2. The summed E-state index contributed by atoms with van der Waals surface area (Å²) in [4.78, 5) is 27.6. The summed E-state index contributed by atoms with van der Waals surface area (Å²) in [5.41, 5.74) is -0.271. The average Bonchev–Trinajstić information content (AvgIpc) is 2.36. The fraction of sp³-hybridized carbons (Fsp3) is 0.786. The number of esters is 1. The van der Waals surface area contributed by atoms with Crippen molar-refractivity contribution in [3.8, 4) is 0 Å². The van der Waals surface area contributed by atoms with E-state index in [1.807, 2.05) is 0 Å². The van der Waals surface area contributed by atoms with E-state index in [4.69, 9.17) is 9.57 Å². The molecular weight excluding hydrogens is 246 g/mol. The van der Waals surface area contributed by atoms with Gasteiger partial charge >= 0.3 is 5.97 Å². The molecule has 0 saturated carbocycles. The van der Waals surface area contributed by atoms with E-state index in [0.29, 0.717) is 6.61 Å². The fourth-order valence-corrected chi connectivity index (χ4v) is 1.50. The number of Topliss-reactive ketones (excluding diaryl/α,β-unsaturated/α-hetero) is 1. The summed E-state index contributed by atoms with van der Waals surface area (Å²) in [5.74, 6) is -1.17. The Hall–Kier alpha value is -1.39. The van der Waals surface area contributed by atoms with Crippen LogP contribution in [0, 0.1) is 0 Å². The summed E-state index contributed by atoms with van der Waals surface area (Å²) in [6.45, 7) is 5.75. The smallest absolute Gasteiger partial charge is 0.364 e. The highest BCUT2D eigenvalue weighted by Crippen LogP contribution is 2.05. The molecule has 0 spiro atoms. The molecule has 5 nitrogen and oxygen atoms in total. The molecule has 110 valence electrons. The minimum Gasteiger partial charge on any atom is -0.461 e. The third kappa shape index (κ3) is 9.22. The Morgan fingerprint density at radius 2 is 1.63 bits per heavy atom. The molecule has 0 bridgehead atoms. The van der Waals surface area contributed by atoms with Crippen LogP contribution in [0.5, 0.6) is 0 Å². The molecule has 0 aliphatic rings. The minimum absolute atomic E-state index is 0.211. The lowest BCUT2D eigenvalue weighted by atomic mass is 10.1. The number of rotatable bonds is 11. The highest BCUT2D eigenvalue weighted by Gasteiger charge is 2.18. The molecule has 0 atom stereocenters. The lowest BCUT2D eigenvalue weighted by Crippen LogP contribution is -2.24. The Morgan fingerprint density at radius 1 is 1.00 bits per heavy atom. The van der Waals surface area contributed by atoms with Gasteiger partial charge in [-0.2, -0.15) is 0 Å². The van der Waals surface area contributed by atoms with Crippen LogP contribution in [0.2, 0.25) is 0 Å². The summed E-state index contributed by atoms with van der Waals surface area (Å²) in [6, 6.07) is 0. The zero-order valence-electron chi connectivity index (χ0n) is 12.2. The summed E-state index contributed by atoms with van der Waals surface area (Å²) in [5, 5.41) is 3.57. The van der Waals surface area contributed by atoms with Gasteiger partial charge in [-0.3, -0.25) is 4.79 Å². The van der Waals surface area contributed by atoms with Crippen LogP contribution in [-0.4, -0.2) is 30.7 Å². The van der Waals surface area contributed by atoms with Crippen LogP contribution >= 0.6 is 0 Å². The number of ether oxygens (including phenoxy) is 1. The lowest BCUT2D eigenvalue weighted by molar-refractivity contribution is -0.136. The lowest BCUT2D eigenvalue weighted by Gasteiger charge is -2.03. The number of hydrogen-bond acceptors (Lipinski definition) is 5. The van der Waals surface area contributed by atoms with Gasteiger partial charge in [-0.1, -0.05) is 37.8 Å². The highest BCUT2D eigenvalue weighted by atomic mass is 16.6. The van der Waals surface area contributed by atoms with Crippen LogP contribution in [0.25, 0.3) is 0 Å². The zero-order valence-corrected chi connectivity index (χ0v) is 12.2. The molecule has 0 radical (unpaired) electrons. The van der Waals surface area contributed by atoms with Gasteiger partial charge in [0.25, 0.3) is 0 Å². The second kappa shape index (κ2) is 11.7. The molecule has 0 rings (SSSR count). The van der Waals surface area contributed by atoms with Crippen LogP contribution in [0.1, 0.15) is 59.3 Å². The van der Waals surface area contributed by atoms with Crippen molar-refractivity contribution in [2.75, 3.05) is 13.2 Å². The number of ketones is 1. The molecule has 19 heavy (non-hydrogen) atoms. The van der Waals surface area contributed by atoms with Crippen LogP contribution in [0.3, 0.4) is 0 Å². The van der Waals surface area contributed by atoms with Crippen molar-refractivity contribution in [1.82, 2.24) is 0 Å². The second-order valence-corrected chi connectivity index (χ2v) is 4.32. The SMILES string of the molecule is CCCCCCCCON=C(C(C)=O)C(=O)OCC. The van der Waals surface area contributed by atoms with Crippen molar-refractivity contribution in [2.24, 2.45) is 5.16 Å². The topological polar surface area (TPSA) is 65.0 Å². The second-order valence-electron chi connectivity index (χ2n) is 4.32. The summed E-state index contributed by atoms with van der Waals surface area (Å²) < 4.78 is 4.72. The molecule has 0 saturated heterocycles. The number of carbonyl (C=O) groups excluding carboxylic acids is 2. The molecule has 0 fully saturated rings. The third-order valence-electron chi connectivity index (χ3n) is 2.55. The van der Waals surface area contributed by atoms with Crippen molar-refractivity contribution in [3.63, 3.8) is 0 Å². The van der Waals surface area contributed by atoms with Gasteiger partial charge in [0.1, 0.15) is 6.61 Å². The van der Waals surface area contributed by atoms with E-state index >= 15 is 0 Å². The van der Waals surface area contributed by atoms with E-state index in [-0.39, 0.29) is 12.3 Å². The first-order valence-corrected chi connectivity index (χ1v) is 7.01. The third-order valence-corrected chi connectivity index (χ3v) is 2.55. The van der Waals surface area contributed by atoms with Crippen LogP contribution in [-0.2, 0) is 19.2 Å². The zero-order chi connectivity index (χ0) is 14.5. The standard InChI is InChI=1S/C14H25NO4/c1-4-6-7-8-9-10-11-19-15-13(12(3)16)14(17)18-5-2/h4-11H2,1-3H3. The monoisotopic (exact) mass is 271 g/mol. The molecule has 0 aromatic rings. The quantitative estimate of drug-likeness (QED) is 0.190. The number of nitrogens with zero attached hydrogens (tertiary/aromatic N) is 1. The first-order valence-electron chi connectivity index (χ1n) is 7.01.